The predicted molar refractivity (Wildman–Crippen MR) is 127 cm³/mol. The Morgan fingerprint density at radius 3 is 2.77 bits per heavy atom. The number of ether oxygens (including phenoxy) is 1. The van der Waals surface area contributed by atoms with Crippen LogP contribution in [0.15, 0.2) is 58.0 Å². The number of nitrogens with zero attached hydrogens (tertiary/aromatic N) is 1. The summed E-state index contributed by atoms with van der Waals surface area (Å²) in [5.41, 5.74) is 3.96. The van der Waals surface area contributed by atoms with Gasteiger partial charge in [0, 0.05) is 17.6 Å². The molecule has 0 fully saturated rings. The standard InChI is InChI=1S/C24H23BrN2O2S/c1-29-20-12-11-17(13-19(20)25)15-27-24-22(18-9-5-6-10-21(18)30-24)23(28)26-14-16-7-3-2-4-8-16/h2-4,7-8,11-13,15H,5-6,9-10,14H2,1H3,(H,26,28)/b27-15-. The number of benzene rings is 2. The van der Waals surface area contributed by atoms with Crippen molar-refractivity contribution in [2.45, 2.75) is 32.2 Å². The number of hydrogen-bond donors (Lipinski definition) is 1. The number of aryl methyl sites for hydroxylation is 1. The maximum Gasteiger partial charge on any atom is 0.254 e. The molecule has 1 aromatic heterocycles. The van der Waals surface area contributed by atoms with Crippen molar-refractivity contribution in [2.24, 2.45) is 4.99 Å². The molecular weight excluding hydrogens is 460 g/mol. The Bertz CT molecular complexity index is 1080. The van der Waals surface area contributed by atoms with Gasteiger partial charge in [0.25, 0.3) is 5.91 Å². The smallest absolute Gasteiger partial charge is 0.254 e. The fourth-order valence-corrected chi connectivity index (χ4v) is 5.43. The Hall–Kier alpha value is -2.44. The van der Waals surface area contributed by atoms with Gasteiger partial charge in [-0.3, -0.25) is 4.79 Å². The van der Waals surface area contributed by atoms with Crippen LogP contribution in [0.4, 0.5) is 5.00 Å². The molecule has 0 spiro atoms. The minimum absolute atomic E-state index is 0.0404. The van der Waals surface area contributed by atoms with Gasteiger partial charge in [-0.05, 0) is 76.5 Å². The normalized spacial score (nSPS) is 13.3. The van der Waals surface area contributed by atoms with Crippen molar-refractivity contribution in [1.82, 2.24) is 5.32 Å². The van der Waals surface area contributed by atoms with E-state index in [1.165, 1.54) is 16.9 Å². The van der Waals surface area contributed by atoms with Gasteiger partial charge in [-0.1, -0.05) is 30.3 Å². The Morgan fingerprint density at radius 2 is 2.00 bits per heavy atom. The monoisotopic (exact) mass is 482 g/mol. The Labute approximate surface area is 189 Å². The topological polar surface area (TPSA) is 50.7 Å². The first-order valence-corrected chi connectivity index (χ1v) is 11.6. The highest BCUT2D eigenvalue weighted by molar-refractivity contribution is 9.10. The summed E-state index contributed by atoms with van der Waals surface area (Å²) in [6.07, 6.45) is 6.09. The zero-order valence-electron chi connectivity index (χ0n) is 16.8. The lowest BCUT2D eigenvalue weighted by Crippen LogP contribution is -2.24. The Kier molecular flexibility index (Phi) is 6.65. The Morgan fingerprint density at radius 1 is 1.20 bits per heavy atom. The zero-order valence-corrected chi connectivity index (χ0v) is 19.2. The van der Waals surface area contributed by atoms with Crippen LogP contribution in [0.1, 0.15) is 44.8 Å². The zero-order chi connectivity index (χ0) is 20.9. The molecule has 0 saturated heterocycles. The second-order valence-electron chi connectivity index (χ2n) is 7.21. The maximum atomic E-state index is 13.1. The highest BCUT2D eigenvalue weighted by atomic mass is 79.9. The number of hydrogen-bond acceptors (Lipinski definition) is 4. The van der Waals surface area contributed by atoms with Gasteiger partial charge in [0.05, 0.1) is 17.1 Å². The summed E-state index contributed by atoms with van der Waals surface area (Å²) in [5.74, 6) is 0.737. The largest absolute Gasteiger partial charge is 0.496 e. The molecule has 1 amide bonds. The summed E-state index contributed by atoms with van der Waals surface area (Å²) in [6.45, 7) is 0.513. The third-order valence-electron chi connectivity index (χ3n) is 5.18. The van der Waals surface area contributed by atoms with Crippen molar-refractivity contribution in [1.29, 1.82) is 0 Å². The maximum absolute atomic E-state index is 13.1. The summed E-state index contributed by atoms with van der Waals surface area (Å²) < 4.78 is 6.16. The van der Waals surface area contributed by atoms with Gasteiger partial charge in [-0.25, -0.2) is 4.99 Å². The predicted octanol–water partition coefficient (Wildman–Crippen LogP) is 6.08. The molecule has 1 heterocycles. The molecule has 154 valence electrons. The molecule has 4 nitrogen and oxygen atoms in total. The minimum Gasteiger partial charge on any atom is -0.496 e. The highest BCUT2D eigenvalue weighted by Crippen LogP contribution is 2.40. The van der Waals surface area contributed by atoms with Crippen LogP contribution in [0.5, 0.6) is 5.75 Å². The van der Waals surface area contributed by atoms with E-state index in [0.717, 1.165) is 51.2 Å². The summed E-state index contributed by atoms with van der Waals surface area (Å²) >= 11 is 5.16. The SMILES string of the molecule is COc1ccc(/C=N\c2sc3c(c2C(=O)NCc2ccccc2)CCCC3)cc1Br. The van der Waals surface area contributed by atoms with Crippen LogP contribution in [-0.4, -0.2) is 19.2 Å². The van der Waals surface area contributed by atoms with E-state index in [-0.39, 0.29) is 5.91 Å². The van der Waals surface area contributed by atoms with Crippen LogP contribution in [-0.2, 0) is 19.4 Å². The van der Waals surface area contributed by atoms with Crippen LogP contribution in [0.3, 0.4) is 0 Å². The van der Waals surface area contributed by atoms with Gasteiger partial charge >= 0.3 is 0 Å². The number of nitrogens with one attached hydrogen (secondary N) is 1. The molecule has 1 aliphatic rings. The summed E-state index contributed by atoms with van der Waals surface area (Å²) in [5, 5.41) is 3.88. The van der Waals surface area contributed by atoms with Crippen molar-refractivity contribution in [3.63, 3.8) is 0 Å². The first-order valence-electron chi connectivity index (χ1n) is 10.00. The van der Waals surface area contributed by atoms with Crippen molar-refractivity contribution >= 4 is 44.4 Å². The van der Waals surface area contributed by atoms with Crippen LogP contribution >= 0.6 is 27.3 Å². The van der Waals surface area contributed by atoms with Gasteiger partial charge in [0.1, 0.15) is 10.8 Å². The van der Waals surface area contributed by atoms with Gasteiger partial charge in [-0.2, -0.15) is 0 Å². The second-order valence-corrected chi connectivity index (χ2v) is 9.15. The average molecular weight is 483 g/mol. The van der Waals surface area contributed by atoms with Crippen LogP contribution in [0.25, 0.3) is 0 Å². The van der Waals surface area contributed by atoms with E-state index >= 15 is 0 Å². The van der Waals surface area contributed by atoms with E-state index in [1.54, 1.807) is 18.4 Å². The third-order valence-corrected chi connectivity index (χ3v) is 7.00. The summed E-state index contributed by atoms with van der Waals surface area (Å²) in [6, 6.07) is 15.8. The van der Waals surface area contributed by atoms with E-state index in [1.807, 2.05) is 54.7 Å². The molecule has 0 atom stereocenters. The number of methoxy groups -OCH3 is 1. The molecule has 1 aliphatic carbocycles. The van der Waals surface area contributed by atoms with Crippen LogP contribution in [0, 0.1) is 0 Å². The number of carbonyl (C=O) groups is 1. The molecule has 4 rings (SSSR count). The minimum atomic E-state index is -0.0404. The number of amides is 1. The molecule has 0 aliphatic heterocycles. The Balaban J connectivity index is 1.60. The van der Waals surface area contributed by atoms with Crippen LogP contribution in [0.2, 0.25) is 0 Å². The van der Waals surface area contributed by atoms with E-state index in [2.05, 4.69) is 21.2 Å². The molecule has 1 N–H and O–H groups in total. The van der Waals surface area contributed by atoms with Crippen LogP contribution < -0.4 is 10.1 Å². The fraction of sp³-hybridized carbons (Fsp3) is 0.250. The first kappa shape index (κ1) is 20.8. The molecule has 0 radical (unpaired) electrons. The van der Waals surface area contributed by atoms with E-state index in [4.69, 9.17) is 9.73 Å². The number of carbonyl (C=O) groups excluding carboxylic acids is 1. The summed E-state index contributed by atoms with van der Waals surface area (Å²) in [7, 11) is 1.64. The highest BCUT2D eigenvalue weighted by Gasteiger charge is 2.25. The quantitative estimate of drug-likeness (QED) is 0.432. The molecule has 0 unspecified atom stereocenters. The molecular formula is C24H23BrN2O2S. The van der Waals surface area contributed by atoms with Crippen molar-refractivity contribution in [3.05, 3.63) is 80.1 Å². The van der Waals surface area contributed by atoms with E-state index in [0.29, 0.717) is 6.54 Å². The second kappa shape index (κ2) is 9.58. The molecule has 6 heteroatoms. The van der Waals surface area contributed by atoms with Gasteiger partial charge in [0.15, 0.2) is 0 Å². The molecule has 3 aromatic rings. The van der Waals surface area contributed by atoms with Crippen molar-refractivity contribution in [3.8, 4) is 5.75 Å². The van der Waals surface area contributed by atoms with E-state index < -0.39 is 0 Å². The average Bonchev–Trinajstić information content (AvgIpc) is 3.15. The number of aliphatic imine (C=N–C) groups is 1. The lowest BCUT2D eigenvalue weighted by molar-refractivity contribution is 0.0951. The molecule has 0 saturated carbocycles. The van der Waals surface area contributed by atoms with Gasteiger partial charge in [-0.15, -0.1) is 11.3 Å². The van der Waals surface area contributed by atoms with Gasteiger partial charge < -0.3 is 10.1 Å². The summed E-state index contributed by atoms with van der Waals surface area (Å²) in [4.78, 5) is 19.1. The van der Waals surface area contributed by atoms with Gasteiger partial charge in [0.2, 0.25) is 0 Å². The van der Waals surface area contributed by atoms with E-state index in [9.17, 15) is 4.79 Å². The fourth-order valence-electron chi connectivity index (χ4n) is 3.64. The van der Waals surface area contributed by atoms with Crippen molar-refractivity contribution < 1.29 is 9.53 Å². The number of fused-ring (bicyclic) bond motifs is 1. The molecule has 0 bridgehead atoms. The number of thiophene rings is 1. The molecule has 30 heavy (non-hydrogen) atoms. The number of halogens is 1. The first-order chi connectivity index (χ1) is 14.7. The lowest BCUT2D eigenvalue weighted by atomic mass is 9.95. The third kappa shape index (κ3) is 4.65. The lowest BCUT2D eigenvalue weighted by Gasteiger charge is -2.12. The molecule has 2 aromatic carbocycles. The van der Waals surface area contributed by atoms with Crippen molar-refractivity contribution in [2.75, 3.05) is 7.11 Å². The number of rotatable bonds is 6.